The van der Waals surface area contributed by atoms with E-state index < -0.39 is 40.5 Å². The number of amides is 3. The van der Waals surface area contributed by atoms with Gasteiger partial charge in [-0.25, -0.2) is 13.2 Å². The monoisotopic (exact) mass is 479 g/mol. The molecular formula is C23H33N3O6S. The summed E-state index contributed by atoms with van der Waals surface area (Å²) >= 11 is 0. The van der Waals surface area contributed by atoms with Gasteiger partial charge in [-0.3, -0.25) is 14.9 Å². The first-order valence-electron chi connectivity index (χ1n) is 11.4. The van der Waals surface area contributed by atoms with Crippen molar-refractivity contribution in [1.29, 1.82) is 0 Å². The summed E-state index contributed by atoms with van der Waals surface area (Å²) in [6.07, 6.45) is 4.53. The Morgan fingerprint density at radius 2 is 1.58 bits per heavy atom. The predicted octanol–water partition coefficient (Wildman–Crippen LogP) is 2.32. The van der Waals surface area contributed by atoms with Crippen molar-refractivity contribution >= 4 is 27.9 Å². The molecular weight excluding hydrogens is 446 g/mol. The van der Waals surface area contributed by atoms with Crippen molar-refractivity contribution in [1.82, 2.24) is 14.9 Å². The molecule has 2 N–H and O–H groups in total. The summed E-state index contributed by atoms with van der Waals surface area (Å²) in [7, 11) is -3.67. The van der Waals surface area contributed by atoms with E-state index in [4.69, 9.17) is 4.74 Å². The minimum absolute atomic E-state index is 0.0781. The minimum atomic E-state index is -3.67. The van der Waals surface area contributed by atoms with E-state index in [-0.39, 0.29) is 19.1 Å². The van der Waals surface area contributed by atoms with Gasteiger partial charge in [-0.15, -0.1) is 0 Å². The molecule has 1 saturated heterocycles. The lowest BCUT2D eigenvalue weighted by molar-refractivity contribution is -0.153. The molecule has 182 valence electrons. The van der Waals surface area contributed by atoms with Gasteiger partial charge in [0.2, 0.25) is 10.0 Å². The van der Waals surface area contributed by atoms with Gasteiger partial charge < -0.3 is 10.1 Å². The largest absolute Gasteiger partial charge is 0.455 e. The highest BCUT2D eigenvalue weighted by molar-refractivity contribution is 7.89. The first-order valence-corrected chi connectivity index (χ1v) is 12.9. The van der Waals surface area contributed by atoms with E-state index in [0.29, 0.717) is 28.9 Å². The summed E-state index contributed by atoms with van der Waals surface area (Å²) in [6.45, 7) is 5.36. The predicted molar refractivity (Wildman–Crippen MR) is 122 cm³/mol. The molecule has 0 atom stereocenters. The molecule has 2 aliphatic rings. The summed E-state index contributed by atoms with van der Waals surface area (Å²) in [5, 5.41) is 4.90. The quantitative estimate of drug-likeness (QED) is 0.604. The van der Waals surface area contributed by atoms with Crippen LogP contribution >= 0.6 is 0 Å². The Balaban J connectivity index is 1.47. The Kier molecular flexibility index (Phi) is 8.12. The topological polar surface area (TPSA) is 122 Å². The van der Waals surface area contributed by atoms with Gasteiger partial charge in [0.05, 0.1) is 10.8 Å². The van der Waals surface area contributed by atoms with Crippen LogP contribution in [0, 0.1) is 26.7 Å². The molecule has 3 amide bonds. The van der Waals surface area contributed by atoms with Crippen LogP contribution in [0.25, 0.3) is 0 Å². The summed E-state index contributed by atoms with van der Waals surface area (Å²) in [5.41, 5.74) is 2.42. The molecule has 0 radical (unpaired) electrons. The molecule has 1 saturated carbocycles. The summed E-state index contributed by atoms with van der Waals surface area (Å²) in [6, 6.07) is 3.20. The number of imide groups is 1. The van der Waals surface area contributed by atoms with Gasteiger partial charge >= 0.3 is 12.0 Å². The second-order valence-electron chi connectivity index (χ2n) is 9.02. The normalized spacial score (nSPS) is 18.2. The van der Waals surface area contributed by atoms with Crippen LogP contribution < -0.4 is 10.6 Å². The van der Waals surface area contributed by atoms with Gasteiger partial charge in [0.1, 0.15) is 0 Å². The molecule has 33 heavy (non-hydrogen) atoms. The van der Waals surface area contributed by atoms with Gasteiger partial charge in [0, 0.05) is 19.1 Å². The average molecular weight is 480 g/mol. The number of benzene rings is 1. The number of rotatable bonds is 6. The van der Waals surface area contributed by atoms with E-state index >= 15 is 0 Å². The van der Waals surface area contributed by atoms with Crippen LogP contribution in [0.2, 0.25) is 0 Å². The standard InChI is InChI=1S/C23H33N3O6S/c1-15-12-16(2)21(17(3)13-15)33(30,31)26-10-8-18(9-11-26)22(28)32-14-20(27)25-23(29)24-19-6-4-5-7-19/h12-13,18-19H,4-11,14H2,1-3H3,(H2,24,25,27,29). The van der Waals surface area contributed by atoms with E-state index in [1.807, 2.05) is 19.1 Å². The van der Waals surface area contributed by atoms with Crippen molar-refractivity contribution in [2.45, 2.75) is 70.2 Å². The van der Waals surface area contributed by atoms with Crippen LogP contribution in [0.3, 0.4) is 0 Å². The highest BCUT2D eigenvalue weighted by Crippen LogP contribution is 2.29. The summed E-state index contributed by atoms with van der Waals surface area (Å²) < 4.78 is 32.8. The van der Waals surface area contributed by atoms with Gasteiger partial charge in [0.15, 0.2) is 6.61 Å². The van der Waals surface area contributed by atoms with Crippen molar-refractivity contribution in [2.24, 2.45) is 5.92 Å². The zero-order chi connectivity index (χ0) is 24.2. The third-order valence-corrected chi connectivity index (χ3v) is 8.48. The number of sulfonamides is 1. The number of nitrogens with zero attached hydrogens (tertiary/aromatic N) is 1. The number of carbonyl (C=O) groups is 3. The van der Waals surface area contributed by atoms with E-state index in [1.54, 1.807) is 13.8 Å². The molecule has 0 aromatic heterocycles. The van der Waals surface area contributed by atoms with Crippen LogP contribution in [0.5, 0.6) is 0 Å². The molecule has 1 aromatic carbocycles. The van der Waals surface area contributed by atoms with Crippen molar-refractivity contribution in [3.8, 4) is 0 Å². The summed E-state index contributed by atoms with van der Waals surface area (Å²) in [5.74, 6) is -1.73. The van der Waals surface area contributed by atoms with Crippen LogP contribution in [0.15, 0.2) is 17.0 Å². The smallest absolute Gasteiger partial charge is 0.321 e. The molecule has 1 aliphatic carbocycles. The number of urea groups is 1. The molecule has 0 unspecified atom stereocenters. The molecule has 2 fully saturated rings. The Morgan fingerprint density at radius 1 is 1.00 bits per heavy atom. The zero-order valence-corrected chi connectivity index (χ0v) is 20.3. The Hall–Kier alpha value is -2.46. The van der Waals surface area contributed by atoms with E-state index in [9.17, 15) is 22.8 Å². The fourth-order valence-corrected chi connectivity index (χ4v) is 6.62. The van der Waals surface area contributed by atoms with Gasteiger partial charge in [-0.2, -0.15) is 4.31 Å². The Morgan fingerprint density at radius 3 is 2.15 bits per heavy atom. The summed E-state index contributed by atoms with van der Waals surface area (Å²) in [4.78, 5) is 36.4. The molecule has 9 nitrogen and oxygen atoms in total. The molecule has 1 aromatic rings. The third kappa shape index (κ3) is 6.32. The highest BCUT2D eigenvalue weighted by Gasteiger charge is 2.34. The number of piperidine rings is 1. The number of esters is 1. The van der Waals surface area contributed by atoms with Crippen molar-refractivity contribution in [3.05, 3.63) is 28.8 Å². The van der Waals surface area contributed by atoms with Gasteiger partial charge in [0.25, 0.3) is 5.91 Å². The number of carbonyl (C=O) groups excluding carboxylic acids is 3. The van der Waals surface area contributed by atoms with Crippen LogP contribution in [0.1, 0.15) is 55.2 Å². The van der Waals surface area contributed by atoms with Crippen LogP contribution in [-0.4, -0.2) is 56.4 Å². The maximum atomic E-state index is 13.2. The molecule has 1 aliphatic heterocycles. The van der Waals surface area contributed by atoms with Crippen molar-refractivity contribution < 1.29 is 27.5 Å². The first kappa shape index (κ1) is 25.2. The zero-order valence-electron chi connectivity index (χ0n) is 19.5. The molecule has 3 rings (SSSR count). The Labute approximate surface area is 195 Å². The van der Waals surface area contributed by atoms with Crippen molar-refractivity contribution in [3.63, 3.8) is 0 Å². The number of aryl methyl sites for hydroxylation is 3. The highest BCUT2D eigenvalue weighted by atomic mass is 32.2. The number of hydrogen-bond acceptors (Lipinski definition) is 6. The van der Waals surface area contributed by atoms with Gasteiger partial charge in [-0.1, -0.05) is 30.5 Å². The maximum Gasteiger partial charge on any atom is 0.321 e. The lowest BCUT2D eigenvalue weighted by atomic mass is 9.98. The fourth-order valence-electron chi connectivity index (χ4n) is 4.74. The SMILES string of the molecule is Cc1cc(C)c(S(=O)(=O)N2CCC(C(=O)OCC(=O)NC(=O)NC3CCCC3)CC2)c(C)c1. The second kappa shape index (κ2) is 10.6. The van der Waals surface area contributed by atoms with E-state index in [1.165, 1.54) is 4.31 Å². The number of hydrogen-bond donors (Lipinski definition) is 2. The van der Waals surface area contributed by atoms with Crippen LogP contribution in [0.4, 0.5) is 4.79 Å². The number of ether oxygens (including phenoxy) is 1. The molecule has 0 bridgehead atoms. The first-order chi connectivity index (χ1) is 15.6. The lowest BCUT2D eigenvalue weighted by Gasteiger charge is -2.31. The Bertz CT molecular complexity index is 986. The lowest BCUT2D eigenvalue weighted by Crippen LogP contribution is -2.45. The fraction of sp³-hybridized carbons (Fsp3) is 0.609. The minimum Gasteiger partial charge on any atom is -0.455 e. The second-order valence-corrected chi connectivity index (χ2v) is 10.9. The molecule has 0 spiro atoms. The molecule has 10 heteroatoms. The molecule has 1 heterocycles. The van der Waals surface area contributed by atoms with Gasteiger partial charge in [-0.05, 0) is 57.6 Å². The number of nitrogens with one attached hydrogen (secondary N) is 2. The van der Waals surface area contributed by atoms with Crippen molar-refractivity contribution in [2.75, 3.05) is 19.7 Å². The van der Waals surface area contributed by atoms with E-state index in [0.717, 1.165) is 31.2 Å². The van der Waals surface area contributed by atoms with Crippen LogP contribution in [-0.2, 0) is 24.3 Å². The average Bonchev–Trinajstić information content (AvgIpc) is 3.24. The third-order valence-electron chi connectivity index (χ3n) is 6.28. The van der Waals surface area contributed by atoms with E-state index in [2.05, 4.69) is 10.6 Å². The maximum absolute atomic E-state index is 13.2.